The van der Waals surface area contributed by atoms with E-state index in [0.29, 0.717) is 39.3 Å². The van der Waals surface area contributed by atoms with Gasteiger partial charge in [-0.15, -0.1) is 11.3 Å². The second-order valence-corrected chi connectivity index (χ2v) is 12.5. The lowest BCUT2D eigenvalue weighted by Crippen LogP contribution is -2.46. The lowest BCUT2D eigenvalue weighted by molar-refractivity contribution is -0.126. The van der Waals surface area contributed by atoms with E-state index in [1.165, 1.54) is 19.4 Å². The largest absolute Gasteiger partial charge is 0.479 e. The highest BCUT2D eigenvalue weighted by atomic mass is 32.2. The molecule has 210 valence electrons. The number of hydrogen-bond acceptors (Lipinski definition) is 8. The van der Waals surface area contributed by atoms with E-state index in [9.17, 15) is 21.8 Å². The third-order valence-corrected chi connectivity index (χ3v) is 8.50. The van der Waals surface area contributed by atoms with Gasteiger partial charge in [0.2, 0.25) is 5.88 Å². The van der Waals surface area contributed by atoms with Crippen molar-refractivity contribution >= 4 is 42.5 Å². The van der Waals surface area contributed by atoms with Crippen molar-refractivity contribution in [3.8, 4) is 17.7 Å². The number of nitrogens with one attached hydrogen (secondary N) is 3. The van der Waals surface area contributed by atoms with Gasteiger partial charge in [-0.2, -0.15) is 13.2 Å². The molecule has 3 N–H and O–H groups in total. The van der Waals surface area contributed by atoms with Gasteiger partial charge in [0.1, 0.15) is 11.2 Å². The fraction of sp³-hybridized carbons (Fsp3) is 0.423. The summed E-state index contributed by atoms with van der Waals surface area (Å²) in [6.45, 7) is 1.10. The van der Waals surface area contributed by atoms with E-state index in [1.807, 2.05) is 11.9 Å². The number of pyridine rings is 1. The molecule has 1 aliphatic heterocycles. The number of rotatable bonds is 7. The molecule has 0 amide bonds. The first-order valence-corrected chi connectivity index (χ1v) is 14.9. The number of thiophene rings is 1. The summed E-state index contributed by atoms with van der Waals surface area (Å²) >= 11 is 1.15. The van der Waals surface area contributed by atoms with Crippen LogP contribution in [0, 0.1) is 16.6 Å². The molecule has 13 heteroatoms. The summed E-state index contributed by atoms with van der Waals surface area (Å²) in [5.41, 5.74) is 1.13. The summed E-state index contributed by atoms with van der Waals surface area (Å²) in [5.74, 6) is 5.87. The van der Waals surface area contributed by atoms with Gasteiger partial charge in [-0.3, -0.25) is 0 Å². The molecule has 1 saturated heterocycles. The molecule has 4 rings (SSSR count). The highest BCUT2D eigenvalue weighted by Crippen LogP contribution is 2.39. The predicted octanol–water partition coefficient (Wildman–Crippen LogP) is 5.36. The topological polar surface area (TPSA) is 90.3 Å². The quantitative estimate of drug-likeness (QED) is 0.256. The van der Waals surface area contributed by atoms with Crippen molar-refractivity contribution in [2.45, 2.75) is 36.3 Å². The molecule has 0 unspecified atom stereocenters. The normalized spacial score (nSPS) is 19.7. The number of ether oxygens (including phenoxy) is 1. The Labute approximate surface area is 228 Å². The van der Waals surface area contributed by atoms with Crippen LogP contribution in [0.3, 0.4) is 0 Å². The Kier molecular flexibility index (Phi) is 8.58. The summed E-state index contributed by atoms with van der Waals surface area (Å²) in [6.07, 6.45) is -4.81. The minimum Gasteiger partial charge on any atom is -0.479 e. The molecule has 0 bridgehead atoms. The van der Waals surface area contributed by atoms with Gasteiger partial charge >= 0.3 is 6.18 Å². The van der Waals surface area contributed by atoms with Crippen LogP contribution in [0.2, 0.25) is 0 Å². The summed E-state index contributed by atoms with van der Waals surface area (Å²) in [5, 5.41) is 6.74. The Morgan fingerprint density at radius 1 is 1.28 bits per heavy atom. The number of anilines is 2. The summed E-state index contributed by atoms with van der Waals surface area (Å²) in [7, 11) is 0.208. The lowest BCUT2D eigenvalue weighted by Gasteiger charge is -2.33. The van der Waals surface area contributed by atoms with Crippen LogP contribution in [0.15, 0.2) is 35.4 Å². The zero-order valence-electron chi connectivity index (χ0n) is 21.6. The maximum Gasteiger partial charge on any atom is 0.393 e. The second-order valence-electron chi connectivity index (χ2n) is 9.41. The van der Waals surface area contributed by atoms with E-state index < -0.39 is 34.5 Å². The van der Waals surface area contributed by atoms with Crippen molar-refractivity contribution < 1.29 is 26.5 Å². The van der Waals surface area contributed by atoms with E-state index in [2.05, 4.69) is 27.5 Å². The predicted molar refractivity (Wildman–Crippen MR) is 147 cm³/mol. The van der Waals surface area contributed by atoms with Crippen molar-refractivity contribution in [3.05, 3.63) is 40.8 Å². The van der Waals surface area contributed by atoms with E-state index in [0.717, 1.165) is 17.9 Å². The molecular weight excluding hydrogens is 554 g/mol. The SMILES string of the molecule is COc1nc([S@](C)(=N)=O)ccc1NCC#Cc1sc2c(N[C@@H]3CCN(C)C[C@@H]3F)cccc2c1CC(F)(F)F. The van der Waals surface area contributed by atoms with E-state index in [1.54, 1.807) is 24.3 Å². The number of aromatic nitrogens is 1. The molecule has 0 spiro atoms. The van der Waals surface area contributed by atoms with Crippen LogP contribution in [0.25, 0.3) is 10.1 Å². The molecule has 0 radical (unpaired) electrons. The molecule has 0 saturated carbocycles. The number of methoxy groups -OCH3 is 1. The monoisotopic (exact) mass is 583 g/mol. The number of nitrogens with zero attached hydrogens (tertiary/aromatic N) is 2. The molecule has 1 aliphatic rings. The molecule has 39 heavy (non-hydrogen) atoms. The number of alkyl halides is 4. The molecule has 3 heterocycles. The Morgan fingerprint density at radius 2 is 2.05 bits per heavy atom. The molecule has 3 atom stereocenters. The Morgan fingerprint density at radius 3 is 2.72 bits per heavy atom. The zero-order chi connectivity index (χ0) is 28.4. The molecule has 7 nitrogen and oxygen atoms in total. The number of fused-ring (bicyclic) bond motifs is 1. The van der Waals surface area contributed by atoms with Crippen LogP contribution >= 0.6 is 11.3 Å². The second kappa shape index (κ2) is 11.6. The van der Waals surface area contributed by atoms with Gasteiger partial charge in [0.15, 0.2) is 0 Å². The van der Waals surface area contributed by atoms with E-state index in [4.69, 9.17) is 9.52 Å². The van der Waals surface area contributed by atoms with Crippen LogP contribution in [0.1, 0.15) is 16.9 Å². The van der Waals surface area contributed by atoms with E-state index >= 15 is 0 Å². The van der Waals surface area contributed by atoms with Gasteiger partial charge in [-0.25, -0.2) is 18.4 Å². The molecular formula is C26H29F4N5O2S2. The van der Waals surface area contributed by atoms with Gasteiger partial charge in [0, 0.05) is 19.3 Å². The van der Waals surface area contributed by atoms with Crippen LogP contribution in [-0.2, 0) is 16.1 Å². The van der Waals surface area contributed by atoms with Crippen molar-refractivity contribution in [2.75, 3.05) is 50.7 Å². The summed E-state index contributed by atoms with van der Waals surface area (Å²) in [4.78, 5) is 6.30. The van der Waals surface area contributed by atoms with E-state index in [-0.39, 0.29) is 23.0 Å². The fourth-order valence-electron chi connectivity index (χ4n) is 4.37. The number of benzene rings is 1. The molecule has 1 aromatic carbocycles. The van der Waals surface area contributed by atoms with Crippen molar-refractivity contribution in [1.82, 2.24) is 9.88 Å². The Hall–Kier alpha value is -3.08. The van der Waals surface area contributed by atoms with Crippen molar-refractivity contribution in [3.63, 3.8) is 0 Å². The molecule has 1 fully saturated rings. The lowest BCUT2D eigenvalue weighted by atomic mass is 10.0. The minimum atomic E-state index is -4.43. The number of halogens is 4. The van der Waals surface area contributed by atoms with Crippen LogP contribution in [-0.4, -0.2) is 72.5 Å². The van der Waals surface area contributed by atoms with Gasteiger partial charge in [-0.05, 0) is 42.6 Å². The standard InChI is InChI=1S/C26H29F4N5O2S2/c1-35-13-11-19(18(27)15-35)33-20-7-4-6-16-17(14-26(28,29)30)22(38-24(16)20)8-5-12-32-21-9-10-23(39(3,31)36)34-25(21)37-2/h4,6-7,9-10,18-19,31-33H,11-15H2,1-3H3/t18-,19+,39+/m0/s1. The van der Waals surface area contributed by atoms with Crippen LogP contribution < -0.4 is 15.4 Å². The first-order chi connectivity index (χ1) is 18.4. The number of piperidine rings is 1. The van der Waals surface area contributed by atoms with Gasteiger partial charge < -0.3 is 20.3 Å². The third-order valence-electron chi connectivity index (χ3n) is 6.28. The molecule has 3 aromatic rings. The fourth-order valence-corrected chi connectivity index (χ4v) is 6.13. The first kappa shape index (κ1) is 28.9. The average molecular weight is 584 g/mol. The maximum atomic E-state index is 14.7. The van der Waals surface area contributed by atoms with Crippen LogP contribution in [0.5, 0.6) is 5.88 Å². The first-order valence-electron chi connectivity index (χ1n) is 12.1. The van der Waals surface area contributed by atoms with Gasteiger partial charge in [0.05, 0.1) is 56.8 Å². The Bertz CT molecular complexity index is 1510. The van der Waals surface area contributed by atoms with Crippen LogP contribution in [0.4, 0.5) is 28.9 Å². The smallest absolute Gasteiger partial charge is 0.393 e. The number of likely N-dealkylation sites (tertiary alicyclic amines) is 1. The third kappa shape index (κ3) is 7.12. The summed E-state index contributed by atoms with van der Waals surface area (Å²) < 4.78 is 80.7. The Balaban J connectivity index is 1.61. The van der Waals surface area contributed by atoms with Crippen molar-refractivity contribution in [1.29, 1.82) is 4.78 Å². The maximum absolute atomic E-state index is 14.7. The average Bonchev–Trinajstić information content (AvgIpc) is 3.19. The minimum absolute atomic E-state index is 0.0711. The highest BCUT2D eigenvalue weighted by Gasteiger charge is 2.32. The molecule has 2 aromatic heterocycles. The highest BCUT2D eigenvalue weighted by molar-refractivity contribution is 7.91. The number of hydrogen-bond donors (Lipinski definition) is 3. The van der Waals surface area contributed by atoms with Gasteiger partial charge in [-0.1, -0.05) is 24.0 Å². The van der Waals surface area contributed by atoms with Gasteiger partial charge in [0.25, 0.3) is 0 Å². The van der Waals surface area contributed by atoms with Crippen molar-refractivity contribution in [2.24, 2.45) is 0 Å². The summed E-state index contributed by atoms with van der Waals surface area (Å²) in [6, 6.07) is 7.65. The molecule has 0 aliphatic carbocycles. The zero-order valence-corrected chi connectivity index (χ0v) is 23.2.